The van der Waals surface area contributed by atoms with Crippen molar-refractivity contribution in [3.8, 4) is 0 Å². The molecule has 0 unspecified atom stereocenters. The molecular formula is C11H11N3O4S. The van der Waals surface area contributed by atoms with Crippen LogP contribution < -0.4 is 5.32 Å². The largest absolute Gasteiger partial charge is 0.396 e. The van der Waals surface area contributed by atoms with Gasteiger partial charge in [0.25, 0.3) is 5.91 Å². The molecule has 0 radical (unpaired) electrons. The van der Waals surface area contributed by atoms with Gasteiger partial charge in [-0.2, -0.15) is 5.10 Å². The first-order chi connectivity index (χ1) is 9.10. The van der Waals surface area contributed by atoms with Crippen molar-refractivity contribution in [2.24, 2.45) is 0 Å². The summed E-state index contributed by atoms with van der Waals surface area (Å²) >= 11 is 1.07. The number of aromatic amines is 1. The SMILES string of the molecule is CNC(=O)c1n[nH]c2c1C(=O)C(SCCO)=CC2=O. The number of hydrogen-bond acceptors (Lipinski definition) is 6. The fraction of sp³-hybridized carbons (Fsp3) is 0.273. The first-order valence-corrected chi connectivity index (χ1v) is 6.43. The molecule has 0 aromatic carbocycles. The van der Waals surface area contributed by atoms with Crippen molar-refractivity contribution >= 4 is 29.2 Å². The van der Waals surface area contributed by atoms with Gasteiger partial charge in [-0.1, -0.05) is 0 Å². The Morgan fingerprint density at radius 1 is 1.53 bits per heavy atom. The Hall–Kier alpha value is -1.93. The summed E-state index contributed by atoms with van der Waals surface area (Å²) in [5.41, 5.74) is -0.0738. The second-order valence-corrected chi connectivity index (χ2v) is 4.81. The lowest BCUT2D eigenvalue weighted by Crippen LogP contribution is -2.23. The highest BCUT2D eigenvalue weighted by atomic mass is 32.2. The van der Waals surface area contributed by atoms with Crippen molar-refractivity contribution in [1.29, 1.82) is 0 Å². The number of H-pyrrole nitrogens is 1. The van der Waals surface area contributed by atoms with E-state index in [-0.39, 0.29) is 28.5 Å². The number of nitrogens with zero attached hydrogens (tertiary/aromatic N) is 1. The van der Waals surface area contributed by atoms with Gasteiger partial charge in [-0.3, -0.25) is 19.5 Å². The maximum absolute atomic E-state index is 12.2. The monoisotopic (exact) mass is 281 g/mol. The van der Waals surface area contributed by atoms with Gasteiger partial charge in [0.2, 0.25) is 11.6 Å². The number of ketones is 2. The predicted octanol–water partition coefficient (Wildman–Crippen LogP) is -0.242. The predicted molar refractivity (Wildman–Crippen MR) is 68.3 cm³/mol. The van der Waals surface area contributed by atoms with Crippen molar-refractivity contribution in [2.75, 3.05) is 19.4 Å². The van der Waals surface area contributed by atoms with Crippen molar-refractivity contribution in [1.82, 2.24) is 15.5 Å². The summed E-state index contributed by atoms with van der Waals surface area (Å²) in [5.74, 6) is -1.07. The molecule has 100 valence electrons. The summed E-state index contributed by atoms with van der Waals surface area (Å²) in [4.78, 5) is 35.8. The summed E-state index contributed by atoms with van der Waals surface area (Å²) in [7, 11) is 1.41. The highest BCUT2D eigenvalue weighted by Gasteiger charge is 2.33. The van der Waals surface area contributed by atoms with Crippen LogP contribution in [0.25, 0.3) is 0 Å². The number of hydrogen-bond donors (Lipinski definition) is 3. The molecule has 0 spiro atoms. The Kier molecular flexibility index (Phi) is 3.82. The van der Waals surface area contributed by atoms with Gasteiger partial charge in [0.1, 0.15) is 5.69 Å². The van der Waals surface area contributed by atoms with Crippen molar-refractivity contribution < 1.29 is 19.5 Å². The van der Waals surface area contributed by atoms with Gasteiger partial charge in [-0.25, -0.2) is 0 Å². The molecule has 3 N–H and O–H groups in total. The Morgan fingerprint density at radius 3 is 2.89 bits per heavy atom. The molecule has 0 fully saturated rings. The molecule has 1 aliphatic rings. The summed E-state index contributed by atoms with van der Waals surface area (Å²) < 4.78 is 0. The molecular weight excluding hydrogens is 270 g/mol. The molecule has 1 heterocycles. The number of carbonyl (C=O) groups excluding carboxylic acids is 3. The van der Waals surface area contributed by atoms with E-state index >= 15 is 0 Å². The zero-order chi connectivity index (χ0) is 14.0. The zero-order valence-corrected chi connectivity index (χ0v) is 10.8. The molecule has 1 aromatic rings. The van der Waals surface area contributed by atoms with Gasteiger partial charge >= 0.3 is 0 Å². The minimum atomic E-state index is -0.535. The average molecular weight is 281 g/mol. The van der Waals surface area contributed by atoms with E-state index in [9.17, 15) is 14.4 Å². The van der Waals surface area contributed by atoms with Crippen LogP contribution in [0.1, 0.15) is 31.3 Å². The third kappa shape index (κ3) is 2.32. The lowest BCUT2D eigenvalue weighted by atomic mass is 9.99. The number of aliphatic hydroxyl groups is 1. The normalized spacial score (nSPS) is 14.1. The maximum Gasteiger partial charge on any atom is 0.272 e. The second-order valence-electron chi connectivity index (χ2n) is 3.68. The van der Waals surface area contributed by atoms with E-state index in [2.05, 4.69) is 15.5 Å². The number of fused-ring (bicyclic) bond motifs is 1. The molecule has 7 nitrogen and oxygen atoms in total. The Morgan fingerprint density at radius 2 is 2.26 bits per heavy atom. The third-order valence-electron chi connectivity index (χ3n) is 2.52. The van der Waals surface area contributed by atoms with Crippen LogP contribution in [0.5, 0.6) is 0 Å². The number of thioether (sulfide) groups is 1. The fourth-order valence-corrected chi connectivity index (χ4v) is 2.40. The van der Waals surface area contributed by atoms with Crippen LogP contribution in [0.4, 0.5) is 0 Å². The molecule has 19 heavy (non-hydrogen) atoms. The first kappa shape index (κ1) is 13.5. The summed E-state index contributed by atoms with van der Waals surface area (Å²) in [5, 5.41) is 17.2. The fourth-order valence-electron chi connectivity index (χ4n) is 1.67. The van der Waals surface area contributed by atoms with Crippen molar-refractivity contribution in [3.05, 3.63) is 27.9 Å². The van der Waals surface area contributed by atoms with Crippen molar-refractivity contribution in [2.45, 2.75) is 0 Å². The summed E-state index contributed by atoms with van der Waals surface area (Å²) in [6.45, 7) is -0.107. The number of aromatic nitrogens is 2. The molecule has 8 heteroatoms. The van der Waals surface area contributed by atoms with Gasteiger partial charge in [-0.05, 0) is 0 Å². The molecule has 2 rings (SSSR count). The zero-order valence-electron chi connectivity index (χ0n) is 10.0. The minimum Gasteiger partial charge on any atom is -0.396 e. The molecule has 1 amide bonds. The smallest absolute Gasteiger partial charge is 0.272 e. The Balaban J connectivity index is 2.43. The summed E-state index contributed by atoms with van der Waals surface area (Å²) in [6.07, 6.45) is 1.19. The number of amides is 1. The van der Waals surface area contributed by atoms with Gasteiger partial charge < -0.3 is 10.4 Å². The third-order valence-corrected chi connectivity index (χ3v) is 3.52. The van der Waals surface area contributed by atoms with Gasteiger partial charge in [0.05, 0.1) is 17.1 Å². The molecule has 0 bridgehead atoms. The summed E-state index contributed by atoms with van der Waals surface area (Å²) in [6, 6.07) is 0. The number of carbonyl (C=O) groups is 3. The lowest BCUT2D eigenvalue weighted by molar-refractivity contribution is 0.0945. The maximum atomic E-state index is 12.2. The van der Waals surface area contributed by atoms with Crippen LogP contribution in [0, 0.1) is 0 Å². The van der Waals surface area contributed by atoms with Crippen LogP contribution in [0.3, 0.4) is 0 Å². The second kappa shape index (κ2) is 5.37. The van der Waals surface area contributed by atoms with Gasteiger partial charge in [0, 0.05) is 18.9 Å². The van der Waals surface area contributed by atoms with Crippen LogP contribution in [-0.2, 0) is 0 Å². The molecule has 1 aliphatic carbocycles. The number of nitrogens with one attached hydrogen (secondary N) is 2. The first-order valence-electron chi connectivity index (χ1n) is 5.45. The van der Waals surface area contributed by atoms with Gasteiger partial charge in [-0.15, -0.1) is 11.8 Å². The highest BCUT2D eigenvalue weighted by molar-refractivity contribution is 8.04. The van der Waals surface area contributed by atoms with E-state index in [0.717, 1.165) is 11.8 Å². The van der Waals surface area contributed by atoms with Gasteiger partial charge in [0.15, 0.2) is 5.69 Å². The standard InChI is InChI=1S/C11H11N3O4S/c1-12-11(18)9-7-8(13-14-9)5(16)4-6(10(7)17)19-3-2-15/h4,15H,2-3H2,1H3,(H,12,18)(H,13,14). The van der Waals surface area contributed by atoms with Crippen molar-refractivity contribution in [3.63, 3.8) is 0 Å². The van der Waals surface area contributed by atoms with E-state index in [1.54, 1.807) is 0 Å². The molecule has 0 atom stereocenters. The molecule has 0 saturated carbocycles. The quantitative estimate of drug-likeness (QED) is 0.702. The van der Waals surface area contributed by atoms with Crippen LogP contribution in [0.2, 0.25) is 0 Å². The number of allylic oxidation sites excluding steroid dienone is 2. The average Bonchev–Trinajstić information content (AvgIpc) is 2.85. The highest BCUT2D eigenvalue weighted by Crippen LogP contribution is 2.28. The van der Waals surface area contributed by atoms with E-state index in [1.165, 1.54) is 13.1 Å². The Bertz CT molecular complexity index is 591. The molecule has 0 aliphatic heterocycles. The van der Waals surface area contributed by atoms with E-state index in [4.69, 9.17) is 5.11 Å². The molecule has 1 aromatic heterocycles. The van der Waals surface area contributed by atoms with Crippen LogP contribution in [-0.4, -0.2) is 52.2 Å². The number of rotatable bonds is 4. The minimum absolute atomic E-state index is 0.00714. The van der Waals surface area contributed by atoms with E-state index in [0.29, 0.717) is 5.75 Å². The molecule has 0 saturated heterocycles. The van der Waals surface area contributed by atoms with Crippen LogP contribution in [0.15, 0.2) is 11.0 Å². The van der Waals surface area contributed by atoms with E-state index in [1.807, 2.05) is 0 Å². The Labute approximate surface area is 112 Å². The van der Waals surface area contributed by atoms with Crippen LogP contribution >= 0.6 is 11.8 Å². The number of aliphatic hydroxyl groups excluding tert-OH is 1. The topological polar surface area (TPSA) is 112 Å². The lowest BCUT2D eigenvalue weighted by Gasteiger charge is -2.11. The van der Waals surface area contributed by atoms with E-state index < -0.39 is 17.5 Å². The number of Topliss-reactive ketones (excluding diaryl/α,β-unsaturated/α-hetero) is 1.